The molecule has 0 spiro atoms. The van der Waals surface area contributed by atoms with Gasteiger partial charge in [-0.1, -0.05) is 70.9 Å². The summed E-state index contributed by atoms with van der Waals surface area (Å²) in [5, 5.41) is 0.717. The van der Waals surface area contributed by atoms with Gasteiger partial charge >= 0.3 is 5.97 Å². The number of aromatic nitrogens is 1. The Balaban J connectivity index is 1.50. The number of esters is 1. The maximum absolute atomic E-state index is 14.0. The largest absolute Gasteiger partial charge is 0.489 e. The molecule has 1 atom stereocenters. The lowest BCUT2D eigenvalue weighted by atomic mass is 9.96. The fourth-order valence-electron chi connectivity index (χ4n) is 4.42. The maximum atomic E-state index is 14.0. The molecule has 204 valence electrons. The van der Waals surface area contributed by atoms with Crippen molar-refractivity contribution in [2.45, 2.75) is 26.5 Å². The summed E-state index contributed by atoms with van der Waals surface area (Å²) in [4.78, 5) is 31.7. The van der Waals surface area contributed by atoms with Crippen molar-refractivity contribution in [1.29, 1.82) is 0 Å². The lowest BCUT2D eigenvalue weighted by Gasteiger charge is -2.25. The number of carbonyl (C=O) groups excluding carboxylic acids is 1. The van der Waals surface area contributed by atoms with Gasteiger partial charge in [-0.25, -0.2) is 14.2 Å². The predicted molar refractivity (Wildman–Crippen MR) is 154 cm³/mol. The molecule has 0 unspecified atom stereocenters. The molecule has 1 aromatic heterocycles. The van der Waals surface area contributed by atoms with Gasteiger partial charge in [0.1, 0.15) is 24.2 Å². The first-order valence-electron chi connectivity index (χ1n) is 12.4. The fourth-order valence-corrected chi connectivity index (χ4v) is 5.92. The van der Waals surface area contributed by atoms with Crippen LogP contribution in [0.15, 0.2) is 87.8 Å². The smallest absolute Gasteiger partial charge is 0.338 e. The first kappa shape index (κ1) is 27.8. The Kier molecular flexibility index (Phi) is 8.21. The zero-order valence-electron chi connectivity index (χ0n) is 21.5. The third-order valence-electron chi connectivity index (χ3n) is 6.34. The van der Waals surface area contributed by atoms with Crippen LogP contribution in [-0.2, 0) is 16.1 Å². The van der Waals surface area contributed by atoms with E-state index in [1.807, 2.05) is 0 Å². The maximum Gasteiger partial charge on any atom is 0.338 e. The number of fused-ring (bicyclic) bond motifs is 1. The van der Waals surface area contributed by atoms with Gasteiger partial charge in [0, 0.05) is 10.6 Å². The molecule has 40 heavy (non-hydrogen) atoms. The minimum absolute atomic E-state index is 0.0202. The van der Waals surface area contributed by atoms with Crippen molar-refractivity contribution in [3.63, 3.8) is 0 Å². The topological polar surface area (TPSA) is 69.9 Å². The van der Waals surface area contributed by atoms with Crippen LogP contribution in [0.5, 0.6) is 5.75 Å². The average Bonchev–Trinajstić information content (AvgIpc) is 3.23. The van der Waals surface area contributed by atoms with Gasteiger partial charge in [-0.05, 0) is 61.4 Å². The molecule has 0 radical (unpaired) electrons. The molecule has 6 nitrogen and oxygen atoms in total. The summed E-state index contributed by atoms with van der Waals surface area (Å²) in [7, 11) is 0. The molecule has 0 N–H and O–H groups in total. The second-order valence-electron chi connectivity index (χ2n) is 8.88. The molecule has 10 heteroatoms. The normalized spacial score (nSPS) is 15.0. The van der Waals surface area contributed by atoms with E-state index < -0.39 is 17.8 Å². The number of hydrogen-bond donors (Lipinski definition) is 0. The number of carbonyl (C=O) groups is 1. The SMILES string of the molecule is CCOC(=O)C1=C(C)N=c2s/c(=C/c3ccc(OCc4c(F)cccc4Cl)cc3)c(=O)n2[C@@H]1c1ccccc1Cl. The molecule has 2 heterocycles. The van der Waals surface area contributed by atoms with E-state index in [1.165, 1.54) is 28.0 Å². The van der Waals surface area contributed by atoms with Crippen molar-refractivity contribution in [1.82, 2.24) is 4.57 Å². The Hall–Kier alpha value is -3.72. The second kappa shape index (κ2) is 11.8. The Morgan fingerprint density at radius 2 is 1.80 bits per heavy atom. The number of allylic oxidation sites excluding steroid dienone is 1. The van der Waals surface area contributed by atoms with Crippen LogP contribution in [0.4, 0.5) is 4.39 Å². The van der Waals surface area contributed by atoms with Crippen molar-refractivity contribution >= 4 is 46.6 Å². The highest BCUT2D eigenvalue weighted by atomic mass is 35.5. The van der Waals surface area contributed by atoms with E-state index in [0.29, 0.717) is 36.4 Å². The van der Waals surface area contributed by atoms with Gasteiger partial charge < -0.3 is 9.47 Å². The third-order valence-corrected chi connectivity index (χ3v) is 8.02. The van der Waals surface area contributed by atoms with Crippen LogP contribution >= 0.6 is 34.5 Å². The summed E-state index contributed by atoms with van der Waals surface area (Å²) in [6, 6.07) is 17.8. The first-order valence-corrected chi connectivity index (χ1v) is 14.0. The molecule has 0 saturated carbocycles. The molecule has 3 aromatic carbocycles. The van der Waals surface area contributed by atoms with Gasteiger partial charge in [-0.2, -0.15) is 0 Å². The quantitative estimate of drug-likeness (QED) is 0.252. The van der Waals surface area contributed by atoms with Gasteiger partial charge in [0.2, 0.25) is 0 Å². The van der Waals surface area contributed by atoms with E-state index in [-0.39, 0.29) is 29.9 Å². The highest BCUT2D eigenvalue weighted by molar-refractivity contribution is 7.07. The highest BCUT2D eigenvalue weighted by Gasteiger charge is 2.34. The number of rotatable bonds is 7. The number of thiazole rings is 1. The van der Waals surface area contributed by atoms with Crippen molar-refractivity contribution in [3.8, 4) is 5.75 Å². The van der Waals surface area contributed by atoms with E-state index in [0.717, 1.165) is 5.56 Å². The zero-order valence-corrected chi connectivity index (χ0v) is 23.8. The molecule has 0 bridgehead atoms. The van der Waals surface area contributed by atoms with Crippen LogP contribution in [0, 0.1) is 5.82 Å². The van der Waals surface area contributed by atoms with Crippen LogP contribution in [0.1, 0.15) is 36.6 Å². The predicted octanol–water partition coefficient (Wildman–Crippen LogP) is 5.82. The third kappa shape index (κ3) is 5.47. The molecule has 0 saturated heterocycles. The number of hydrogen-bond acceptors (Lipinski definition) is 6. The molecule has 0 aliphatic carbocycles. The lowest BCUT2D eigenvalue weighted by Crippen LogP contribution is -2.40. The average molecular weight is 597 g/mol. The van der Waals surface area contributed by atoms with Crippen LogP contribution in [0.2, 0.25) is 10.0 Å². The molecule has 0 amide bonds. The van der Waals surface area contributed by atoms with Gasteiger partial charge in [-0.15, -0.1) is 0 Å². The van der Waals surface area contributed by atoms with E-state index >= 15 is 0 Å². The van der Waals surface area contributed by atoms with Crippen molar-refractivity contribution in [3.05, 3.63) is 130 Å². The summed E-state index contributed by atoms with van der Waals surface area (Å²) in [6.07, 6.45) is 1.74. The Morgan fingerprint density at radius 1 is 1.07 bits per heavy atom. The van der Waals surface area contributed by atoms with Crippen LogP contribution in [0.25, 0.3) is 6.08 Å². The number of benzene rings is 3. The minimum Gasteiger partial charge on any atom is -0.489 e. The summed E-state index contributed by atoms with van der Waals surface area (Å²) in [5.41, 5.74) is 2.05. The van der Waals surface area contributed by atoms with Gasteiger partial charge in [0.25, 0.3) is 5.56 Å². The van der Waals surface area contributed by atoms with E-state index in [1.54, 1.807) is 74.5 Å². The number of nitrogens with zero attached hydrogens (tertiary/aromatic N) is 2. The van der Waals surface area contributed by atoms with Gasteiger partial charge in [0.15, 0.2) is 4.80 Å². The Labute approximate surface area is 243 Å². The van der Waals surface area contributed by atoms with Crippen molar-refractivity contribution in [2.75, 3.05) is 6.61 Å². The molecule has 5 rings (SSSR count). The second-order valence-corrected chi connectivity index (χ2v) is 10.7. The van der Waals surface area contributed by atoms with E-state index in [2.05, 4.69) is 4.99 Å². The molecule has 1 aliphatic rings. The Bertz CT molecular complexity index is 1790. The molecule has 1 aliphatic heterocycles. The van der Waals surface area contributed by atoms with Crippen molar-refractivity contribution in [2.24, 2.45) is 4.99 Å². The van der Waals surface area contributed by atoms with Gasteiger partial charge in [-0.3, -0.25) is 9.36 Å². The molecular formula is C30H23Cl2FN2O4S. The summed E-state index contributed by atoms with van der Waals surface area (Å²) in [5.74, 6) is -0.461. The van der Waals surface area contributed by atoms with Crippen molar-refractivity contribution < 1.29 is 18.7 Å². The number of ether oxygens (including phenoxy) is 2. The summed E-state index contributed by atoms with van der Waals surface area (Å²) < 4.78 is 27.0. The minimum atomic E-state index is -0.785. The van der Waals surface area contributed by atoms with Crippen LogP contribution in [0.3, 0.4) is 0 Å². The van der Waals surface area contributed by atoms with E-state index in [4.69, 9.17) is 32.7 Å². The summed E-state index contributed by atoms with van der Waals surface area (Å²) >= 11 is 13.8. The van der Waals surface area contributed by atoms with Crippen LogP contribution in [-0.4, -0.2) is 17.1 Å². The fraction of sp³-hybridized carbons (Fsp3) is 0.167. The van der Waals surface area contributed by atoms with Crippen LogP contribution < -0.4 is 19.6 Å². The monoisotopic (exact) mass is 596 g/mol. The lowest BCUT2D eigenvalue weighted by molar-refractivity contribution is -0.139. The first-order chi connectivity index (χ1) is 19.3. The molecule has 4 aromatic rings. The van der Waals surface area contributed by atoms with Gasteiger partial charge in [0.05, 0.1) is 27.4 Å². The standard InChI is InChI=1S/C30H23Cl2FN2O4S/c1-3-38-29(37)26-17(2)34-30-35(27(26)20-7-4-5-8-22(20)31)28(36)25(40-30)15-18-11-13-19(14-12-18)39-16-21-23(32)9-6-10-24(21)33/h4-15,27H,3,16H2,1-2H3/b25-15+/t27-/m1/s1. The molecular weight excluding hydrogens is 574 g/mol. The number of halogens is 3. The highest BCUT2D eigenvalue weighted by Crippen LogP contribution is 2.34. The molecule has 0 fully saturated rings. The Morgan fingerprint density at radius 3 is 2.50 bits per heavy atom. The summed E-state index contributed by atoms with van der Waals surface area (Å²) in [6.45, 7) is 3.61. The zero-order chi connectivity index (χ0) is 28.4. The van der Waals surface area contributed by atoms with E-state index in [9.17, 15) is 14.0 Å².